The van der Waals surface area contributed by atoms with E-state index in [4.69, 9.17) is 18.9 Å². The summed E-state index contributed by atoms with van der Waals surface area (Å²) in [5.74, 6) is -2.03. The lowest BCUT2D eigenvalue weighted by molar-refractivity contribution is -0.870. The smallest absolute Gasteiger partial charge is 0.361 e. The van der Waals surface area contributed by atoms with Crippen LogP contribution in [0.5, 0.6) is 0 Å². The zero-order valence-electron chi connectivity index (χ0n) is 52.4. The van der Waals surface area contributed by atoms with Crippen LogP contribution >= 0.6 is 0 Å². The van der Waals surface area contributed by atoms with Gasteiger partial charge in [-0.15, -0.1) is 0 Å². The molecule has 0 aliphatic carbocycles. The molecule has 0 aliphatic heterocycles. The van der Waals surface area contributed by atoms with Crippen molar-refractivity contribution in [3.8, 4) is 0 Å². The molecule has 0 radical (unpaired) electrons. The highest BCUT2D eigenvalue weighted by Crippen LogP contribution is 2.16. The molecule has 0 bridgehead atoms. The molecule has 1 N–H and O–H groups in total. The number of carboxylic acids is 1. The summed E-state index contributed by atoms with van der Waals surface area (Å²) >= 11 is 0. The number of unbranched alkanes of at least 4 members (excludes halogenated alkanes) is 21. The Hall–Kier alpha value is -4.57. The quantitative estimate of drug-likeness (QED) is 0.0211. The second kappa shape index (κ2) is 61.5. The van der Waals surface area contributed by atoms with Crippen molar-refractivity contribution >= 4 is 17.9 Å². The van der Waals surface area contributed by atoms with Crippen LogP contribution in [0.1, 0.15) is 245 Å². The zero-order chi connectivity index (χ0) is 59.1. The lowest BCUT2D eigenvalue weighted by atomic mass is 10.0. The molecular weight excluding hydrogens is 1010 g/mol. The first kappa shape index (κ1) is 76.4. The van der Waals surface area contributed by atoms with E-state index < -0.39 is 24.3 Å². The maximum absolute atomic E-state index is 12.9. The fraction of sp³-hybridized carbons (Fsp3) is 0.653. The summed E-state index contributed by atoms with van der Waals surface area (Å²) in [6, 6.07) is 0. The van der Waals surface area contributed by atoms with E-state index in [2.05, 4.69) is 148 Å². The number of hydrogen-bond donors (Lipinski definition) is 1. The predicted molar refractivity (Wildman–Crippen MR) is 345 cm³/mol. The molecule has 460 valence electrons. The molecular formula is C72H120NO8+. The Morgan fingerprint density at radius 2 is 0.667 bits per heavy atom. The third-order valence-electron chi connectivity index (χ3n) is 13.4. The molecule has 9 heteroatoms. The maximum atomic E-state index is 12.9. The molecule has 81 heavy (non-hydrogen) atoms. The van der Waals surface area contributed by atoms with Crippen LogP contribution < -0.4 is 0 Å². The Bertz CT molecular complexity index is 1790. The van der Waals surface area contributed by atoms with Crippen LogP contribution in [0, 0.1) is 0 Å². The molecule has 0 rings (SSSR count). The van der Waals surface area contributed by atoms with Crippen molar-refractivity contribution in [3.63, 3.8) is 0 Å². The number of carbonyl (C=O) groups is 3. The molecule has 0 aliphatic rings. The van der Waals surface area contributed by atoms with Crippen LogP contribution in [0.15, 0.2) is 134 Å². The van der Waals surface area contributed by atoms with Gasteiger partial charge in [0.1, 0.15) is 13.2 Å². The van der Waals surface area contributed by atoms with E-state index in [0.29, 0.717) is 23.9 Å². The minimum absolute atomic E-state index is 0.179. The zero-order valence-corrected chi connectivity index (χ0v) is 52.4. The van der Waals surface area contributed by atoms with Gasteiger partial charge in [0.25, 0.3) is 6.29 Å². The number of carbonyl (C=O) groups excluding carboxylic acids is 2. The number of ether oxygens (including phenoxy) is 4. The number of esters is 2. The van der Waals surface area contributed by atoms with Crippen LogP contribution in [-0.4, -0.2) is 87.4 Å². The topological polar surface area (TPSA) is 108 Å². The maximum Gasteiger partial charge on any atom is 0.361 e. The fourth-order valence-corrected chi connectivity index (χ4v) is 8.51. The lowest BCUT2D eigenvalue weighted by Gasteiger charge is -2.25. The Morgan fingerprint density at radius 3 is 0.988 bits per heavy atom. The van der Waals surface area contributed by atoms with Crippen LogP contribution in [0.4, 0.5) is 0 Å². The number of carboxylic acid groups (broad SMARTS) is 1. The standard InChI is InChI=1S/C72H119NO8/c1-6-8-10-12-14-16-18-20-22-24-26-28-30-32-34-35-37-39-41-43-45-47-49-51-53-55-57-59-61-63-70(75)81-68(67-80-72(71(76)77)78-65-64-73(3,4)5)66-79-69(74)62-60-58-56-54-52-50-48-46-44-42-40-38-36-33-31-29-27-25-23-21-19-17-15-13-11-9-7-2/h8-11,14-17,20-23,26-29,32,34,37,39,43,45,68,72H,6-7,12-13,18-19,24-25,30-31,33,35-36,38,40-42,44,46-67H2,1-5H3/p+1/b10-8-,11-9-,16-14-,17-15-,22-20-,23-21-,28-26-,29-27-,34-32-,39-37-,45-43-. The first-order chi connectivity index (χ1) is 39.6. The van der Waals surface area contributed by atoms with Gasteiger partial charge in [0, 0.05) is 12.8 Å². The summed E-state index contributed by atoms with van der Waals surface area (Å²) < 4.78 is 22.9. The summed E-state index contributed by atoms with van der Waals surface area (Å²) in [7, 11) is 5.96. The predicted octanol–water partition coefficient (Wildman–Crippen LogP) is 19.8. The number of aliphatic carboxylic acids is 1. The molecule has 0 aromatic heterocycles. The normalized spacial score (nSPS) is 13.6. The van der Waals surface area contributed by atoms with E-state index in [0.717, 1.165) is 116 Å². The minimum Gasteiger partial charge on any atom is -0.477 e. The molecule has 0 fully saturated rings. The summed E-state index contributed by atoms with van der Waals surface area (Å²) in [5.41, 5.74) is 0. The van der Waals surface area contributed by atoms with Crippen molar-refractivity contribution in [1.82, 2.24) is 0 Å². The van der Waals surface area contributed by atoms with Gasteiger partial charge in [0.2, 0.25) is 0 Å². The van der Waals surface area contributed by atoms with E-state index in [9.17, 15) is 19.5 Å². The molecule has 0 aromatic carbocycles. The minimum atomic E-state index is -1.52. The average Bonchev–Trinajstić information content (AvgIpc) is 3.44. The van der Waals surface area contributed by atoms with E-state index in [1.807, 2.05) is 21.1 Å². The third-order valence-corrected chi connectivity index (χ3v) is 13.4. The molecule has 0 amide bonds. The van der Waals surface area contributed by atoms with Crippen LogP contribution in [-0.2, 0) is 33.3 Å². The largest absolute Gasteiger partial charge is 0.477 e. The lowest BCUT2D eigenvalue weighted by Crippen LogP contribution is -2.40. The molecule has 0 spiro atoms. The first-order valence-electron chi connectivity index (χ1n) is 32.3. The SMILES string of the molecule is CC/C=C\C/C=C\C/C=C\C/C=C\C/C=C\C/C=C\C/C=C\CCCCCCCCCC(=O)OC(COC(=O)CCCCCCCCCCCCCCCC/C=C\C/C=C\C/C=C\C/C=C\CC)COC(OCC[N+](C)(C)C)C(=O)O. The van der Waals surface area contributed by atoms with E-state index in [1.54, 1.807) is 0 Å². The number of nitrogens with zero attached hydrogens (tertiary/aromatic N) is 1. The van der Waals surface area contributed by atoms with Crippen molar-refractivity contribution in [1.29, 1.82) is 0 Å². The van der Waals surface area contributed by atoms with Crippen LogP contribution in [0.2, 0.25) is 0 Å². The molecule has 2 unspecified atom stereocenters. The second-order valence-electron chi connectivity index (χ2n) is 22.3. The van der Waals surface area contributed by atoms with Gasteiger partial charge < -0.3 is 28.5 Å². The highest BCUT2D eigenvalue weighted by atomic mass is 16.7. The van der Waals surface area contributed by atoms with Crippen molar-refractivity contribution in [2.24, 2.45) is 0 Å². The summed E-state index contributed by atoms with van der Waals surface area (Å²) in [6.45, 7) is 4.63. The van der Waals surface area contributed by atoms with Gasteiger partial charge >= 0.3 is 17.9 Å². The Morgan fingerprint density at radius 1 is 0.370 bits per heavy atom. The molecule has 9 nitrogen and oxygen atoms in total. The van der Waals surface area contributed by atoms with Gasteiger partial charge in [-0.2, -0.15) is 0 Å². The van der Waals surface area contributed by atoms with Crippen LogP contribution in [0.3, 0.4) is 0 Å². The highest BCUT2D eigenvalue weighted by Gasteiger charge is 2.25. The van der Waals surface area contributed by atoms with Gasteiger partial charge in [0.05, 0.1) is 34.4 Å². The van der Waals surface area contributed by atoms with Gasteiger partial charge in [-0.1, -0.05) is 257 Å². The highest BCUT2D eigenvalue weighted by molar-refractivity contribution is 5.71. The monoisotopic (exact) mass is 1130 g/mol. The van der Waals surface area contributed by atoms with Gasteiger partial charge in [-0.3, -0.25) is 9.59 Å². The third kappa shape index (κ3) is 62.9. The van der Waals surface area contributed by atoms with Crippen LogP contribution in [0.25, 0.3) is 0 Å². The summed E-state index contributed by atoms with van der Waals surface area (Å²) in [5, 5.41) is 9.73. The Balaban J connectivity index is 4.24. The molecule has 0 saturated carbocycles. The van der Waals surface area contributed by atoms with E-state index in [1.165, 1.54) is 96.3 Å². The number of allylic oxidation sites excluding steroid dienone is 22. The molecule has 0 aromatic rings. The number of likely N-dealkylation sites (N-methyl/N-ethyl adjacent to an activating group) is 1. The van der Waals surface area contributed by atoms with Crippen molar-refractivity contribution in [2.75, 3.05) is 47.5 Å². The Labute approximate surface area is 497 Å². The number of hydrogen-bond acceptors (Lipinski definition) is 7. The first-order valence-corrected chi connectivity index (χ1v) is 32.3. The van der Waals surface area contributed by atoms with Gasteiger partial charge in [-0.05, 0) is 109 Å². The Kier molecular flexibility index (Phi) is 58.0. The second-order valence-corrected chi connectivity index (χ2v) is 22.3. The van der Waals surface area contributed by atoms with Gasteiger partial charge in [0.15, 0.2) is 6.10 Å². The van der Waals surface area contributed by atoms with Crippen molar-refractivity contribution in [3.05, 3.63) is 134 Å². The summed E-state index contributed by atoms with van der Waals surface area (Å²) in [4.78, 5) is 37.6. The molecule has 0 heterocycles. The fourth-order valence-electron chi connectivity index (χ4n) is 8.51. The average molecular weight is 1130 g/mol. The van der Waals surface area contributed by atoms with E-state index in [-0.39, 0.29) is 32.2 Å². The van der Waals surface area contributed by atoms with Gasteiger partial charge in [-0.25, -0.2) is 4.79 Å². The van der Waals surface area contributed by atoms with E-state index >= 15 is 0 Å². The molecule has 0 saturated heterocycles. The number of rotatable bonds is 58. The molecule has 2 atom stereocenters. The number of quaternary nitrogens is 1. The van der Waals surface area contributed by atoms with Crippen molar-refractivity contribution in [2.45, 2.75) is 257 Å². The summed E-state index contributed by atoms with van der Waals surface area (Å²) in [6.07, 6.45) is 85.4. The van der Waals surface area contributed by atoms with Crippen molar-refractivity contribution < 1.29 is 42.9 Å².